The summed E-state index contributed by atoms with van der Waals surface area (Å²) in [4.78, 5) is 12.5. The molecule has 3 aromatic carbocycles. The number of carbonyl (C=O) groups is 1. The van der Waals surface area contributed by atoms with Crippen LogP contribution in [0.15, 0.2) is 60.7 Å². The topological polar surface area (TPSA) is 95.5 Å². The predicted molar refractivity (Wildman–Crippen MR) is 98.5 cm³/mol. The highest BCUT2D eigenvalue weighted by atomic mass is 32.2. The van der Waals surface area contributed by atoms with Gasteiger partial charge >= 0.3 is 0 Å². The van der Waals surface area contributed by atoms with Crippen molar-refractivity contribution in [1.29, 1.82) is 0 Å². The highest BCUT2D eigenvalue weighted by Gasteiger charge is 2.13. The van der Waals surface area contributed by atoms with Gasteiger partial charge in [0.2, 0.25) is 10.0 Å². The van der Waals surface area contributed by atoms with Gasteiger partial charge in [0.15, 0.2) is 0 Å². The van der Waals surface area contributed by atoms with Gasteiger partial charge in [-0.3, -0.25) is 9.52 Å². The lowest BCUT2D eigenvalue weighted by atomic mass is 10.1. The fraction of sp³-hybridized carbons (Fsp3) is 0.0556. The minimum Gasteiger partial charge on any atom is -0.507 e. The SMILES string of the molecule is CS(=O)(=O)Nc1cccc(NC(=O)c2cc3ccccc3cc2O)c1. The van der Waals surface area contributed by atoms with Crippen LogP contribution in [0.25, 0.3) is 10.8 Å². The van der Waals surface area contributed by atoms with E-state index in [1.807, 2.05) is 24.3 Å². The van der Waals surface area contributed by atoms with Crippen LogP contribution < -0.4 is 10.0 Å². The Balaban J connectivity index is 1.87. The Morgan fingerprint density at radius 1 is 0.920 bits per heavy atom. The standard InChI is InChI=1S/C18H16N2O4S/c1-25(23,24)20-15-8-4-7-14(11-15)19-18(22)16-9-12-5-2-3-6-13(12)10-17(16)21/h2-11,20-21H,1H3,(H,19,22). The smallest absolute Gasteiger partial charge is 0.259 e. The van der Waals surface area contributed by atoms with E-state index in [-0.39, 0.29) is 11.3 Å². The molecule has 3 aromatic rings. The lowest BCUT2D eigenvalue weighted by Crippen LogP contribution is -2.13. The average molecular weight is 356 g/mol. The van der Waals surface area contributed by atoms with Gasteiger partial charge < -0.3 is 10.4 Å². The molecule has 3 N–H and O–H groups in total. The molecular formula is C18H16N2O4S. The molecule has 0 fully saturated rings. The number of phenols is 1. The molecule has 0 bridgehead atoms. The maximum absolute atomic E-state index is 12.5. The van der Waals surface area contributed by atoms with E-state index in [1.54, 1.807) is 24.3 Å². The lowest BCUT2D eigenvalue weighted by Gasteiger charge is -2.10. The molecule has 0 saturated heterocycles. The minimum atomic E-state index is -3.41. The van der Waals surface area contributed by atoms with Crippen LogP contribution in [0.2, 0.25) is 0 Å². The first-order chi connectivity index (χ1) is 11.8. The van der Waals surface area contributed by atoms with E-state index in [0.29, 0.717) is 11.4 Å². The van der Waals surface area contributed by atoms with Crippen LogP contribution in [-0.2, 0) is 10.0 Å². The van der Waals surface area contributed by atoms with E-state index in [2.05, 4.69) is 10.0 Å². The first-order valence-electron chi connectivity index (χ1n) is 7.43. The highest BCUT2D eigenvalue weighted by molar-refractivity contribution is 7.92. The number of aromatic hydroxyl groups is 1. The van der Waals surface area contributed by atoms with Crippen molar-refractivity contribution < 1.29 is 18.3 Å². The molecule has 0 atom stereocenters. The third kappa shape index (κ3) is 4.07. The Bertz CT molecular complexity index is 1060. The second-order valence-corrected chi connectivity index (χ2v) is 7.37. The van der Waals surface area contributed by atoms with E-state index < -0.39 is 15.9 Å². The fourth-order valence-corrected chi connectivity index (χ4v) is 3.04. The maximum Gasteiger partial charge on any atom is 0.259 e. The molecule has 0 unspecified atom stereocenters. The second-order valence-electron chi connectivity index (χ2n) is 5.63. The monoisotopic (exact) mass is 356 g/mol. The second kappa shape index (κ2) is 6.45. The summed E-state index contributed by atoms with van der Waals surface area (Å²) in [5.74, 6) is -0.610. The lowest BCUT2D eigenvalue weighted by molar-refractivity contribution is 0.102. The quantitative estimate of drug-likeness (QED) is 0.669. The molecular weight excluding hydrogens is 340 g/mol. The van der Waals surface area contributed by atoms with Crippen molar-refractivity contribution >= 4 is 38.1 Å². The van der Waals surface area contributed by atoms with Gasteiger partial charge in [-0.2, -0.15) is 0 Å². The molecule has 0 aliphatic heterocycles. The summed E-state index contributed by atoms with van der Waals surface area (Å²) in [6, 6.07) is 16.8. The average Bonchev–Trinajstić information content (AvgIpc) is 2.52. The summed E-state index contributed by atoms with van der Waals surface area (Å²) < 4.78 is 24.9. The number of fused-ring (bicyclic) bond motifs is 1. The molecule has 0 aromatic heterocycles. The van der Waals surface area contributed by atoms with Gasteiger partial charge in [-0.1, -0.05) is 30.3 Å². The summed E-state index contributed by atoms with van der Waals surface area (Å²) >= 11 is 0. The molecule has 0 aliphatic carbocycles. The largest absolute Gasteiger partial charge is 0.507 e. The van der Waals surface area contributed by atoms with E-state index in [1.165, 1.54) is 12.1 Å². The highest BCUT2D eigenvalue weighted by Crippen LogP contribution is 2.26. The summed E-state index contributed by atoms with van der Waals surface area (Å²) in [7, 11) is -3.41. The van der Waals surface area contributed by atoms with Crippen molar-refractivity contribution in [2.75, 3.05) is 16.3 Å². The molecule has 0 saturated carbocycles. The molecule has 3 rings (SSSR count). The number of hydrogen-bond donors (Lipinski definition) is 3. The van der Waals surface area contributed by atoms with Gasteiger partial charge in [-0.15, -0.1) is 0 Å². The predicted octanol–water partition coefficient (Wildman–Crippen LogP) is 3.17. The molecule has 0 heterocycles. The van der Waals surface area contributed by atoms with Crippen molar-refractivity contribution in [2.45, 2.75) is 0 Å². The summed E-state index contributed by atoms with van der Waals surface area (Å²) in [5, 5.41) is 14.4. The fourth-order valence-electron chi connectivity index (χ4n) is 2.48. The number of nitrogens with one attached hydrogen (secondary N) is 2. The van der Waals surface area contributed by atoms with Crippen LogP contribution in [0.4, 0.5) is 11.4 Å². The molecule has 0 radical (unpaired) electrons. The number of amides is 1. The van der Waals surface area contributed by atoms with Crippen molar-refractivity contribution in [3.05, 3.63) is 66.2 Å². The van der Waals surface area contributed by atoms with E-state index in [9.17, 15) is 18.3 Å². The van der Waals surface area contributed by atoms with Crippen LogP contribution in [0, 0.1) is 0 Å². The Morgan fingerprint density at radius 3 is 2.24 bits per heavy atom. The molecule has 0 aliphatic rings. The van der Waals surface area contributed by atoms with Gasteiger partial charge in [-0.05, 0) is 41.1 Å². The third-order valence-electron chi connectivity index (χ3n) is 3.53. The van der Waals surface area contributed by atoms with Gasteiger partial charge in [0.1, 0.15) is 5.75 Å². The van der Waals surface area contributed by atoms with Crippen LogP contribution in [0.5, 0.6) is 5.75 Å². The van der Waals surface area contributed by atoms with E-state index in [4.69, 9.17) is 0 Å². The van der Waals surface area contributed by atoms with Gasteiger partial charge in [0.05, 0.1) is 17.5 Å². The Hall–Kier alpha value is -3.06. The van der Waals surface area contributed by atoms with Crippen LogP contribution >= 0.6 is 0 Å². The Morgan fingerprint density at radius 2 is 1.56 bits per heavy atom. The normalized spacial score (nSPS) is 11.2. The molecule has 128 valence electrons. The van der Waals surface area contributed by atoms with Crippen molar-refractivity contribution in [2.24, 2.45) is 0 Å². The van der Waals surface area contributed by atoms with Crippen molar-refractivity contribution in [1.82, 2.24) is 0 Å². The van der Waals surface area contributed by atoms with Crippen LogP contribution in [-0.4, -0.2) is 25.7 Å². The number of rotatable bonds is 4. The first-order valence-corrected chi connectivity index (χ1v) is 9.32. The summed E-state index contributed by atoms with van der Waals surface area (Å²) in [6.45, 7) is 0. The zero-order valence-electron chi connectivity index (χ0n) is 13.4. The third-order valence-corrected chi connectivity index (χ3v) is 4.14. The summed E-state index contributed by atoms with van der Waals surface area (Å²) in [5.41, 5.74) is 0.884. The number of hydrogen-bond acceptors (Lipinski definition) is 4. The number of anilines is 2. The number of carbonyl (C=O) groups excluding carboxylic acids is 1. The number of phenolic OH excluding ortho intramolecular Hbond substituents is 1. The first kappa shape index (κ1) is 16.8. The molecule has 1 amide bonds. The van der Waals surface area contributed by atoms with Gasteiger partial charge in [-0.25, -0.2) is 8.42 Å². The van der Waals surface area contributed by atoms with E-state index >= 15 is 0 Å². The Labute approximate surface area is 145 Å². The van der Waals surface area contributed by atoms with Crippen LogP contribution in [0.3, 0.4) is 0 Å². The minimum absolute atomic E-state index is 0.124. The maximum atomic E-state index is 12.5. The molecule has 7 heteroatoms. The van der Waals surface area contributed by atoms with Gasteiger partial charge in [0.25, 0.3) is 5.91 Å². The van der Waals surface area contributed by atoms with Crippen LogP contribution in [0.1, 0.15) is 10.4 Å². The molecule has 0 spiro atoms. The number of sulfonamides is 1. The van der Waals surface area contributed by atoms with Crippen molar-refractivity contribution in [3.8, 4) is 5.75 Å². The van der Waals surface area contributed by atoms with Crippen molar-refractivity contribution in [3.63, 3.8) is 0 Å². The molecule has 25 heavy (non-hydrogen) atoms. The zero-order chi connectivity index (χ0) is 18.0. The zero-order valence-corrected chi connectivity index (χ0v) is 14.2. The summed E-state index contributed by atoms with van der Waals surface area (Å²) in [6.07, 6.45) is 1.05. The number of benzene rings is 3. The Kier molecular flexibility index (Phi) is 4.33. The van der Waals surface area contributed by atoms with E-state index in [0.717, 1.165) is 17.0 Å². The molecule has 6 nitrogen and oxygen atoms in total. The van der Waals surface area contributed by atoms with Gasteiger partial charge in [0, 0.05) is 5.69 Å².